The van der Waals surface area contributed by atoms with Gasteiger partial charge in [-0.15, -0.1) is 0 Å². The maximum absolute atomic E-state index is 12.2. The van der Waals surface area contributed by atoms with Crippen molar-refractivity contribution in [3.8, 4) is 0 Å². The number of fused-ring (bicyclic) bond motifs is 1. The van der Waals surface area contributed by atoms with Gasteiger partial charge in [-0.2, -0.15) is 0 Å². The van der Waals surface area contributed by atoms with E-state index in [4.69, 9.17) is 5.73 Å². The van der Waals surface area contributed by atoms with Gasteiger partial charge < -0.3 is 5.73 Å². The average molecular weight is 251 g/mol. The smallest absolute Gasteiger partial charge is 0.163 e. The molecule has 1 aliphatic carbocycles. The third kappa shape index (κ3) is 2.32. The molecule has 2 heteroatoms. The first kappa shape index (κ1) is 12.1. The first-order valence-corrected chi connectivity index (χ1v) is 6.68. The number of carbonyl (C=O) groups is 1. The Bertz CT molecular complexity index is 601. The summed E-state index contributed by atoms with van der Waals surface area (Å²) in [6, 6.07) is 16.0. The molecule has 0 radical (unpaired) electrons. The van der Waals surface area contributed by atoms with Crippen LogP contribution in [0.4, 0.5) is 0 Å². The lowest BCUT2D eigenvalue weighted by Gasteiger charge is -2.29. The fourth-order valence-electron chi connectivity index (χ4n) is 2.71. The molecule has 2 nitrogen and oxygen atoms in total. The van der Waals surface area contributed by atoms with Crippen LogP contribution < -0.4 is 5.73 Å². The first-order valence-electron chi connectivity index (χ1n) is 6.68. The van der Waals surface area contributed by atoms with Gasteiger partial charge in [0.25, 0.3) is 0 Å². The Kier molecular flexibility index (Phi) is 3.18. The van der Waals surface area contributed by atoms with Crippen LogP contribution in [0.3, 0.4) is 0 Å². The largest absolute Gasteiger partial charge is 0.326 e. The number of hydrogen-bond acceptors (Lipinski definition) is 2. The highest BCUT2D eigenvalue weighted by molar-refractivity contribution is 5.96. The summed E-state index contributed by atoms with van der Waals surface area (Å²) in [5.41, 5.74) is 10.1. The number of ketones is 1. The minimum absolute atomic E-state index is 0.225. The summed E-state index contributed by atoms with van der Waals surface area (Å²) in [6.45, 7) is 0.518. The van der Waals surface area contributed by atoms with Gasteiger partial charge in [0.05, 0.1) is 0 Å². The van der Waals surface area contributed by atoms with Gasteiger partial charge in [-0.1, -0.05) is 48.5 Å². The molecule has 2 aromatic carbocycles. The van der Waals surface area contributed by atoms with Gasteiger partial charge in [-0.05, 0) is 29.0 Å². The Morgan fingerprint density at radius 1 is 1.11 bits per heavy atom. The molecule has 0 fully saturated rings. The molecule has 0 spiro atoms. The number of Topliss-reactive ketones (excluding diaryl/α,β-unsaturated/α-hetero) is 1. The standard InChI is InChI=1S/C17H17NO/c18-11-12-5-7-13(8-6-12)17(19)10-15-9-14-3-1-2-4-16(14)15/h1-8,15H,9-11,18H2. The van der Waals surface area contributed by atoms with E-state index in [0.29, 0.717) is 18.9 Å². The Morgan fingerprint density at radius 2 is 1.84 bits per heavy atom. The third-order valence-electron chi connectivity index (χ3n) is 3.90. The summed E-state index contributed by atoms with van der Waals surface area (Å²) in [5, 5.41) is 0. The number of benzene rings is 2. The van der Waals surface area contributed by atoms with Crippen molar-refractivity contribution in [3.05, 3.63) is 70.8 Å². The zero-order valence-electron chi connectivity index (χ0n) is 10.8. The summed E-state index contributed by atoms with van der Waals surface area (Å²) in [7, 11) is 0. The van der Waals surface area contributed by atoms with Crippen LogP contribution >= 0.6 is 0 Å². The van der Waals surface area contributed by atoms with Crippen molar-refractivity contribution in [1.29, 1.82) is 0 Å². The molecule has 0 saturated carbocycles. The zero-order valence-corrected chi connectivity index (χ0v) is 10.8. The van der Waals surface area contributed by atoms with Gasteiger partial charge in [0.1, 0.15) is 0 Å². The molecule has 2 aromatic rings. The highest BCUT2D eigenvalue weighted by Crippen LogP contribution is 2.37. The maximum Gasteiger partial charge on any atom is 0.163 e. The maximum atomic E-state index is 12.2. The molecule has 19 heavy (non-hydrogen) atoms. The second-order valence-corrected chi connectivity index (χ2v) is 5.13. The second kappa shape index (κ2) is 4.98. The average Bonchev–Trinajstić information content (AvgIpc) is 2.44. The normalized spacial score (nSPS) is 16.6. The molecule has 0 aromatic heterocycles. The summed E-state index contributed by atoms with van der Waals surface area (Å²) in [6.07, 6.45) is 1.64. The van der Waals surface area contributed by atoms with Gasteiger partial charge in [0.15, 0.2) is 5.78 Å². The van der Waals surface area contributed by atoms with Crippen LogP contribution in [0, 0.1) is 0 Å². The van der Waals surface area contributed by atoms with E-state index in [-0.39, 0.29) is 5.78 Å². The lowest BCUT2D eigenvalue weighted by molar-refractivity contribution is 0.0970. The highest BCUT2D eigenvalue weighted by atomic mass is 16.1. The van der Waals surface area contributed by atoms with Crippen molar-refractivity contribution in [2.24, 2.45) is 5.73 Å². The van der Waals surface area contributed by atoms with Crippen LogP contribution in [0.1, 0.15) is 39.4 Å². The van der Waals surface area contributed by atoms with Gasteiger partial charge in [0.2, 0.25) is 0 Å². The van der Waals surface area contributed by atoms with Crippen molar-refractivity contribution >= 4 is 5.78 Å². The Morgan fingerprint density at radius 3 is 2.53 bits per heavy atom. The molecule has 2 N–H and O–H groups in total. The number of rotatable bonds is 4. The van der Waals surface area contributed by atoms with E-state index >= 15 is 0 Å². The minimum atomic E-state index is 0.225. The van der Waals surface area contributed by atoms with E-state index in [2.05, 4.69) is 18.2 Å². The molecule has 0 aliphatic heterocycles. The van der Waals surface area contributed by atoms with Crippen molar-refractivity contribution in [1.82, 2.24) is 0 Å². The molecular formula is C17H17NO. The monoisotopic (exact) mass is 251 g/mol. The fourth-order valence-corrected chi connectivity index (χ4v) is 2.71. The molecule has 1 unspecified atom stereocenters. The quantitative estimate of drug-likeness (QED) is 0.849. The second-order valence-electron chi connectivity index (χ2n) is 5.13. The summed E-state index contributed by atoms with van der Waals surface area (Å²) < 4.78 is 0. The lowest BCUT2D eigenvalue weighted by atomic mass is 9.74. The number of hydrogen-bond donors (Lipinski definition) is 1. The van der Waals surface area contributed by atoms with Crippen LogP contribution in [-0.2, 0) is 13.0 Å². The van der Waals surface area contributed by atoms with Crippen LogP contribution in [0.15, 0.2) is 48.5 Å². The van der Waals surface area contributed by atoms with Crippen molar-refractivity contribution < 1.29 is 4.79 Å². The molecular weight excluding hydrogens is 234 g/mol. The molecule has 96 valence electrons. The van der Waals surface area contributed by atoms with Gasteiger partial charge in [-0.25, -0.2) is 0 Å². The lowest BCUT2D eigenvalue weighted by Crippen LogP contribution is -2.20. The highest BCUT2D eigenvalue weighted by Gasteiger charge is 2.27. The van der Waals surface area contributed by atoms with Gasteiger partial charge >= 0.3 is 0 Å². The SMILES string of the molecule is NCc1ccc(C(=O)CC2Cc3ccccc32)cc1. The molecule has 3 rings (SSSR count). The van der Waals surface area contributed by atoms with Crippen LogP contribution in [-0.4, -0.2) is 5.78 Å². The minimum Gasteiger partial charge on any atom is -0.326 e. The molecule has 0 heterocycles. The van der Waals surface area contributed by atoms with Crippen molar-refractivity contribution in [2.75, 3.05) is 0 Å². The molecule has 0 bridgehead atoms. The van der Waals surface area contributed by atoms with E-state index in [9.17, 15) is 4.79 Å². The molecule has 0 saturated heterocycles. The predicted molar refractivity (Wildman–Crippen MR) is 76.2 cm³/mol. The summed E-state index contributed by atoms with van der Waals surface area (Å²) >= 11 is 0. The van der Waals surface area contributed by atoms with E-state index in [1.54, 1.807) is 0 Å². The summed E-state index contributed by atoms with van der Waals surface area (Å²) in [4.78, 5) is 12.2. The first-order chi connectivity index (χ1) is 9.28. The third-order valence-corrected chi connectivity index (χ3v) is 3.90. The van der Waals surface area contributed by atoms with Crippen LogP contribution in [0.2, 0.25) is 0 Å². The zero-order chi connectivity index (χ0) is 13.2. The fraction of sp³-hybridized carbons (Fsp3) is 0.235. The summed E-state index contributed by atoms with van der Waals surface area (Å²) in [5.74, 6) is 0.626. The van der Waals surface area contributed by atoms with Crippen molar-refractivity contribution in [2.45, 2.75) is 25.3 Å². The van der Waals surface area contributed by atoms with E-state index in [1.807, 2.05) is 30.3 Å². The van der Waals surface area contributed by atoms with Crippen molar-refractivity contribution in [3.63, 3.8) is 0 Å². The molecule has 1 atom stereocenters. The Labute approximate surface area is 113 Å². The number of nitrogens with two attached hydrogens (primary N) is 1. The predicted octanol–water partition coefficient (Wildman–Crippen LogP) is 3.06. The van der Waals surface area contributed by atoms with E-state index in [0.717, 1.165) is 17.5 Å². The van der Waals surface area contributed by atoms with E-state index < -0.39 is 0 Å². The van der Waals surface area contributed by atoms with Gasteiger partial charge in [0, 0.05) is 18.5 Å². The van der Waals surface area contributed by atoms with Crippen LogP contribution in [0.5, 0.6) is 0 Å². The van der Waals surface area contributed by atoms with Crippen LogP contribution in [0.25, 0.3) is 0 Å². The Balaban J connectivity index is 1.69. The molecule has 0 amide bonds. The number of carbonyl (C=O) groups excluding carboxylic acids is 1. The molecule has 1 aliphatic rings. The van der Waals surface area contributed by atoms with E-state index in [1.165, 1.54) is 11.1 Å². The van der Waals surface area contributed by atoms with Gasteiger partial charge in [-0.3, -0.25) is 4.79 Å². The topological polar surface area (TPSA) is 43.1 Å². The Hall–Kier alpha value is -1.93.